The number of carboxylic acids is 1. The summed E-state index contributed by atoms with van der Waals surface area (Å²) in [5.41, 5.74) is 5.09. The Kier molecular flexibility index (Phi) is 16.1. The molecule has 1 heterocycles. The number of aryl methyl sites for hydroxylation is 1. The highest BCUT2D eigenvalue weighted by molar-refractivity contribution is 5.88. The summed E-state index contributed by atoms with van der Waals surface area (Å²) in [5, 5.41) is 17.5. The molecule has 14 nitrogen and oxygen atoms in total. The summed E-state index contributed by atoms with van der Waals surface area (Å²) >= 11 is 0. The van der Waals surface area contributed by atoms with Gasteiger partial charge in [0.25, 0.3) is 0 Å². The summed E-state index contributed by atoms with van der Waals surface area (Å²) in [6, 6.07) is 8.48. The van der Waals surface area contributed by atoms with Gasteiger partial charge in [-0.25, -0.2) is 5.01 Å². The van der Waals surface area contributed by atoms with Crippen LogP contribution in [0.15, 0.2) is 30.3 Å². The number of para-hydroxylation sites is 1. The molecule has 2 atom stereocenters. The standard InChI is InChI=1S/C30H46N6O8/c1-22(21-37)35(4)28(39)12-15-43-17-18-44-16-13-32-30(42)25(9-10-29(40)41)33-27(38)11-14-36-24(20-34(3)31-2)19-23-7-5-6-8-26(23)36/h5-8,19,21-22,25,31H,9-18,20H2,1-4H3,(H,32,42)(H,33,38)(H,40,41). The number of aliphatic carboxylic acids is 1. The Labute approximate surface area is 258 Å². The van der Waals surface area contributed by atoms with Crippen molar-refractivity contribution < 1.29 is 38.6 Å². The molecule has 0 aliphatic carbocycles. The molecule has 0 fully saturated rings. The zero-order chi connectivity index (χ0) is 32.5. The molecular weight excluding hydrogens is 572 g/mol. The zero-order valence-electron chi connectivity index (χ0n) is 26.0. The molecule has 44 heavy (non-hydrogen) atoms. The van der Waals surface area contributed by atoms with E-state index in [9.17, 15) is 24.0 Å². The predicted molar refractivity (Wildman–Crippen MR) is 163 cm³/mol. The average Bonchev–Trinajstić information content (AvgIpc) is 3.36. The van der Waals surface area contributed by atoms with Crippen LogP contribution in [0, 0.1) is 0 Å². The van der Waals surface area contributed by atoms with Crippen molar-refractivity contribution >= 4 is 40.9 Å². The summed E-state index contributed by atoms with van der Waals surface area (Å²) in [5.74, 6) is -2.11. The normalized spacial score (nSPS) is 12.6. The Morgan fingerprint density at radius 2 is 1.73 bits per heavy atom. The van der Waals surface area contributed by atoms with E-state index in [4.69, 9.17) is 14.6 Å². The van der Waals surface area contributed by atoms with E-state index in [0.717, 1.165) is 16.6 Å². The molecule has 0 bridgehead atoms. The van der Waals surface area contributed by atoms with Crippen LogP contribution in [-0.4, -0.2) is 116 Å². The Morgan fingerprint density at radius 1 is 1.02 bits per heavy atom. The molecule has 0 spiro atoms. The Balaban J connectivity index is 1.78. The maximum absolute atomic E-state index is 12.9. The summed E-state index contributed by atoms with van der Waals surface area (Å²) in [7, 11) is 5.31. The highest BCUT2D eigenvalue weighted by Gasteiger charge is 2.22. The van der Waals surface area contributed by atoms with Crippen molar-refractivity contribution in [2.45, 2.75) is 57.8 Å². The van der Waals surface area contributed by atoms with Crippen LogP contribution in [0.1, 0.15) is 38.3 Å². The van der Waals surface area contributed by atoms with Gasteiger partial charge in [0.05, 0.1) is 45.4 Å². The number of likely N-dealkylation sites (N-methyl/N-ethyl adjacent to an activating group) is 1. The largest absolute Gasteiger partial charge is 0.481 e. The molecular formula is C30H46N6O8. The van der Waals surface area contributed by atoms with E-state index >= 15 is 0 Å². The number of aromatic nitrogens is 1. The highest BCUT2D eigenvalue weighted by atomic mass is 16.5. The van der Waals surface area contributed by atoms with E-state index in [0.29, 0.717) is 19.4 Å². The summed E-state index contributed by atoms with van der Waals surface area (Å²) in [6.45, 7) is 3.64. The maximum atomic E-state index is 12.9. The molecule has 0 aliphatic heterocycles. The van der Waals surface area contributed by atoms with Crippen molar-refractivity contribution in [2.75, 3.05) is 54.1 Å². The number of hydrogen-bond donors (Lipinski definition) is 4. The van der Waals surface area contributed by atoms with Gasteiger partial charge in [0.1, 0.15) is 12.3 Å². The third-order valence-electron chi connectivity index (χ3n) is 7.12. The molecule has 2 aromatic rings. The van der Waals surface area contributed by atoms with Crippen LogP contribution in [0.5, 0.6) is 0 Å². The first-order valence-electron chi connectivity index (χ1n) is 14.7. The van der Waals surface area contributed by atoms with E-state index in [-0.39, 0.29) is 70.5 Å². The van der Waals surface area contributed by atoms with Gasteiger partial charge >= 0.3 is 5.97 Å². The second-order valence-electron chi connectivity index (χ2n) is 10.4. The SMILES string of the molecule is CNN(C)Cc1cc2ccccc2n1CCC(=O)NC(CCC(=O)O)C(=O)NCCOCCOCCC(=O)N(C)C(C)C=O. The lowest BCUT2D eigenvalue weighted by molar-refractivity contribution is -0.138. The molecule has 0 aliphatic rings. The van der Waals surface area contributed by atoms with Crippen molar-refractivity contribution in [1.82, 2.24) is 30.5 Å². The number of rotatable bonds is 22. The molecule has 3 amide bonds. The summed E-state index contributed by atoms with van der Waals surface area (Å²) in [6.07, 6.45) is 0.617. The van der Waals surface area contributed by atoms with Crippen molar-refractivity contribution in [2.24, 2.45) is 0 Å². The molecule has 0 radical (unpaired) electrons. The fourth-order valence-electron chi connectivity index (χ4n) is 4.35. The predicted octanol–water partition coefficient (Wildman–Crippen LogP) is 0.533. The monoisotopic (exact) mass is 618 g/mol. The van der Waals surface area contributed by atoms with Crippen LogP contribution in [0.4, 0.5) is 0 Å². The van der Waals surface area contributed by atoms with E-state index in [1.54, 1.807) is 14.0 Å². The number of ether oxygens (including phenoxy) is 2. The minimum absolute atomic E-state index is 0.0498. The number of nitrogens with zero attached hydrogens (tertiary/aromatic N) is 3. The Morgan fingerprint density at radius 3 is 2.41 bits per heavy atom. The number of fused-ring (bicyclic) bond motifs is 1. The summed E-state index contributed by atoms with van der Waals surface area (Å²) in [4.78, 5) is 60.9. The second kappa shape index (κ2) is 19.4. The molecule has 1 aromatic carbocycles. The fourth-order valence-corrected chi connectivity index (χ4v) is 4.35. The molecule has 2 rings (SSSR count). The van der Waals surface area contributed by atoms with Crippen molar-refractivity contribution in [1.29, 1.82) is 0 Å². The van der Waals surface area contributed by atoms with Crippen molar-refractivity contribution in [3.8, 4) is 0 Å². The summed E-state index contributed by atoms with van der Waals surface area (Å²) < 4.78 is 12.9. The Hall–Kier alpha value is -3.85. The number of nitrogens with one attached hydrogen (secondary N) is 3. The fraction of sp³-hybridized carbons (Fsp3) is 0.567. The van der Waals surface area contributed by atoms with Crippen LogP contribution in [0.3, 0.4) is 0 Å². The lowest BCUT2D eigenvalue weighted by Crippen LogP contribution is -2.47. The lowest BCUT2D eigenvalue weighted by atomic mass is 10.1. The molecule has 0 saturated heterocycles. The second-order valence-corrected chi connectivity index (χ2v) is 10.4. The number of hydrazine groups is 1. The number of benzene rings is 1. The third-order valence-corrected chi connectivity index (χ3v) is 7.12. The van der Waals surface area contributed by atoms with Gasteiger partial charge in [0.15, 0.2) is 0 Å². The van der Waals surface area contributed by atoms with E-state index in [2.05, 4.69) is 26.7 Å². The molecule has 2 unspecified atom stereocenters. The number of carboxylic acid groups (broad SMARTS) is 1. The lowest BCUT2D eigenvalue weighted by Gasteiger charge is -2.20. The van der Waals surface area contributed by atoms with E-state index in [1.165, 1.54) is 4.90 Å². The van der Waals surface area contributed by atoms with Gasteiger partial charge in [0, 0.05) is 51.2 Å². The van der Waals surface area contributed by atoms with Crippen LogP contribution >= 0.6 is 0 Å². The topological polar surface area (TPSA) is 172 Å². The average molecular weight is 619 g/mol. The van der Waals surface area contributed by atoms with Gasteiger partial charge in [-0.05, 0) is 37.9 Å². The van der Waals surface area contributed by atoms with Crippen molar-refractivity contribution in [3.05, 3.63) is 36.0 Å². The van der Waals surface area contributed by atoms with Gasteiger partial charge in [-0.3, -0.25) is 24.6 Å². The van der Waals surface area contributed by atoms with Gasteiger partial charge in [-0.2, -0.15) is 0 Å². The first-order valence-corrected chi connectivity index (χ1v) is 14.7. The first kappa shape index (κ1) is 36.3. The van der Waals surface area contributed by atoms with E-state index in [1.807, 2.05) is 43.4 Å². The Bertz CT molecular complexity index is 1240. The zero-order valence-corrected chi connectivity index (χ0v) is 26.0. The van der Waals surface area contributed by atoms with Gasteiger partial charge in [-0.1, -0.05) is 18.2 Å². The van der Waals surface area contributed by atoms with Crippen molar-refractivity contribution in [3.63, 3.8) is 0 Å². The van der Waals surface area contributed by atoms with Gasteiger partial charge in [0.2, 0.25) is 17.7 Å². The number of carbonyl (C=O) groups is 5. The molecule has 14 heteroatoms. The number of carbonyl (C=O) groups excluding carboxylic acids is 4. The molecule has 0 saturated carbocycles. The minimum atomic E-state index is -1.07. The van der Waals surface area contributed by atoms with Gasteiger partial charge < -0.3 is 39.5 Å². The number of amides is 3. The smallest absolute Gasteiger partial charge is 0.303 e. The molecule has 1 aromatic heterocycles. The minimum Gasteiger partial charge on any atom is -0.481 e. The molecule has 4 N–H and O–H groups in total. The maximum Gasteiger partial charge on any atom is 0.303 e. The van der Waals surface area contributed by atoms with Gasteiger partial charge in [-0.15, -0.1) is 0 Å². The molecule has 244 valence electrons. The van der Waals surface area contributed by atoms with Crippen LogP contribution < -0.4 is 16.1 Å². The van der Waals surface area contributed by atoms with Crippen LogP contribution in [-0.2, 0) is 46.5 Å². The number of aldehydes is 1. The van der Waals surface area contributed by atoms with Crippen LogP contribution in [0.2, 0.25) is 0 Å². The third kappa shape index (κ3) is 12.4. The highest BCUT2D eigenvalue weighted by Crippen LogP contribution is 2.21. The van der Waals surface area contributed by atoms with Crippen LogP contribution in [0.25, 0.3) is 10.9 Å². The quantitative estimate of drug-likeness (QED) is 0.0829. The first-order chi connectivity index (χ1) is 21.1. The van der Waals surface area contributed by atoms with E-state index < -0.39 is 24.0 Å². The number of hydrogen-bond acceptors (Lipinski definition) is 9.